The molecular formula is C28H55NO5. The summed E-state index contributed by atoms with van der Waals surface area (Å²) in [6.07, 6.45) is 19.6. The third kappa shape index (κ3) is 25.5. The van der Waals surface area contributed by atoms with E-state index < -0.39 is 5.97 Å². The molecule has 0 aliphatic heterocycles. The zero-order valence-corrected chi connectivity index (χ0v) is 22.4. The number of aliphatic carboxylic acids is 1. The van der Waals surface area contributed by atoms with Crippen molar-refractivity contribution in [2.24, 2.45) is 0 Å². The van der Waals surface area contributed by atoms with Gasteiger partial charge >= 0.3 is 11.9 Å². The van der Waals surface area contributed by atoms with Crippen LogP contribution in [0.5, 0.6) is 0 Å². The second-order valence-corrected chi connectivity index (χ2v) is 9.92. The van der Waals surface area contributed by atoms with Crippen molar-refractivity contribution >= 4 is 11.9 Å². The summed E-state index contributed by atoms with van der Waals surface area (Å²) in [6, 6.07) is 0. The molecule has 0 rings (SSSR count). The van der Waals surface area contributed by atoms with Gasteiger partial charge in [0.2, 0.25) is 0 Å². The second kappa shape index (κ2) is 25.0. The van der Waals surface area contributed by atoms with E-state index in [1.54, 1.807) is 0 Å². The molecule has 0 aromatic rings. The zero-order valence-electron chi connectivity index (χ0n) is 22.4. The molecule has 0 aromatic carbocycles. The second-order valence-electron chi connectivity index (χ2n) is 9.92. The normalized spacial score (nSPS) is 12.2. The number of carbonyl (C=O) groups is 2. The summed E-state index contributed by atoms with van der Waals surface area (Å²) >= 11 is 0. The number of rotatable bonds is 26. The van der Waals surface area contributed by atoms with Crippen LogP contribution in [-0.4, -0.2) is 59.4 Å². The summed E-state index contributed by atoms with van der Waals surface area (Å²) in [5.74, 6) is -0.751. The monoisotopic (exact) mass is 485 g/mol. The maximum absolute atomic E-state index is 11.8. The van der Waals surface area contributed by atoms with Crippen LogP contribution in [0.2, 0.25) is 0 Å². The minimum atomic E-state index is -0.707. The molecule has 6 nitrogen and oxygen atoms in total. The molecule has 0 aromatic heterocycles. The molecule has 2 N–H and O–H groups in total. The van der Waals surface area contributed by atoms with Gasteiger partial charge in [0.05, 0.1) is 12.7 Å². The number of carboxylic acids is 1. The van der Waals surface area contributed by atoms with Crippen LogP contribution in [0.4, 0.5) is 0 Å². The Kier molecular flexibility index (Phi) is 24.1. The number of unbranched alkanes of at least 4 members (excludes halogenated alkanes) is 14. The Bertz CT molecular complexity index is 470. The average Bonchev–Trinajstić information content (AvgIpc) is 2.78. The highest BCUT2D eigenvalue weighted by Crippen LogP contribution is 2.11. The van der Waals surface area contributed by atoms with Gasteiger partial charge in [-0.1, -0.05) is 84.0 Å². The van der Waals surface area contributed by atoms with Gasteiger partial charge in [0, 0.05) is 19.4 Å². The Labute approximate surface area is 209 Å². The van der Waals surface area contributed by atoms with E-state index >= 15 is 0 Å². The Balaban J connectivity index is 3.61. The maximum atomic E-state index is 11.8. The molecule has 0 saturated carbocycles. The maximum Gasteiger partial charge on any atom is 0.305 e. The van der Waals surface area contributed by atoms with Crippen LogP contribution < -0.4 is 0 Å². The number of aliphatic hydroxyl groups excluding tert-OH is 1. The van der Waals surface area contributed by atoms with Crippen molar-refractivity contribution in [2.45, 2.75) is 142 Å². The van der Waals surface area contributed by atoms with E-state index in [4.69, 9.17) is 9.84 Å². The van der Waals surface area contributed by atoms with E-state index in [-0.39, 0.29) is 18.5 Å². The van der Waals surface area contributed by atoms with Gasteiger partial charge in [0.15, 0.2) is 0 Å². The number of nitrogens with zero attached hydrogens (tertiary/aromatic N) is 1. The largest absolute Gasteiger partial charge is 0.481 e. The Morgan fingerprint density at radius 2 is 1.18 bits per heavy atom. The fourth-order valence-electron chi connectivity index (χ4n) is 4.26. The number of hydrogen-bond acceptors (Lipinski definition) is 5. The molecule has 0 spiro atoms. The van der Waals surface area contributed by atoms with Crippen molar-refractivity contribution in [3.8, 4) is 0 Å². The number of hydrogen-bond donors (Lipinski definition) is 2. The molecule has 0 bridgehead atoms. The van der Waals surface area contributed by atoms with E-state index in [9.17, 15) is 14.7 Å². The van der Waals surface area contributed by atoms with E-state index in [1.165, 1.54) is 32.1 Å². The van der Waals surface area contributed by atoms with Crippen molar-refractivity contribution in [3.63, 3.8) is 0 Å². The highest BCUT2D eigenvalue weighted by atomic mass is 16.5. The molecule has 0 fully saturated rings. The number of carboxylic acid groups (broad SMARTS) is 1. The number of aliphatic hydroxyl groups is 1. The van der Waals surface area contributed by atoms with Crippen LogP contribution in [0, 0.1) is 0 Å². The quantitative estimate of drug-likeness (QED) is 0.104. The third-order valence-corrected chi connectivity index (χ3v) is 6.25. The van der Waals surface area contributed by atoms with Crippen molar-refractivity contribution in [3.05, 3.63) is 0 Å². The molecule has 202 valence electrons. The van der Waals surface area contributed by atoms with Gasteiger partial charge in [-0.25, -0.2) is 0 Å². The first kappa shape index (κ1) is 32.9. The molecule has 0 unspecified atom stereocenters. The smallest absolute Gasteiger partial charge is 0.305 e. The molecule has 0 saturated heterocycles. The first-order valence-electron chi connectivity index (χ1n) is 14.2. The topological polar surface area (TPSA) is 87.1 Å². The molecule has 0 amide bonds. The third-order valence-electron chi connectivity index (χ3n) is 6.25. The van der Waals surface area contributed by atoms with Crippen LogP contribution in [-0.2, 0) is 14.3 Å². The SMILES string of the molecule is CCCCCCCCCOC(=O)CCCCCCCN(CCCCCCCC(=O)O)C[C@H](C)O. The van der Waals surface area contributed by atoms with Gasteiger partial charge in [0.1, 0.15) is 0 Å². The Hall–Kier alpha value is -1.14. The lowest BCUT2D eigenvalue weighted by Gasteiger charge is -2.23. The highest BCUT2D eigenvalue weighted by molar-refractivity contribution is 5.69. The minimum absolute atomic E-state index is 0.0444. The van der Waals surface area contributed by atoms with Crippen LogP contribution >= 0.6 is 0 Å². The van der Waals surface area contributed by atoms with Gasteiger partial charge in [-0.2, -0.15) is 0 Å². The lowest BCUT2D eigenvalue weighted by atomic mass is 10.1. The predicted octanol–water partition coefficient (Wildman–Crippen LogP) is 6.73. The number of ether oxygens (including phenoxy) is 1. The summed E-state index contributed by atoms with van der Waals surface area (Å²) in [5, 5.41) is 18.4. The van der Waals surface area contributed by atoms with Crippen molar-refractivity contribution < 1.29 is 24.5 Å². The molecule has 1 atom stereocenters. The first-order chi connectivity index (χ1) is 16.5. The highest BCUT2D eigenvalue weighted by Gasteiger charge is 2.08. The minimum Gasteiger partial charge on any atom is -0.481 e. The van der Waals surface area contributed by atoms with Gasteiger partial charge < -0.3 is 19.8 Å². The summed E-state index contributed by atoms with van der Waals surface area (Å²) in [6.45, 7) is 7.36. The van der Waals surface area contributed by atoms with E-state index in [2.05, 4.69) is 11.8 Å². The molecule has 34 heavy (non-hydrogen) atoms. The first-order valence-corrected chi connectivity index (χ1v) is 14.2. The predicted molar refractivity (Wildman–Crippen MR) is 140 cm³/mol. The summed E-state index contributed by atoms with van der Waals surface area (Å²) < 4.78 is 5.35. The van der Waals surface area contributed by atoms with Gasteiger partial charge in [0.25, 0.3) is 0 Å². The lowest BCUT2D eigenvalue weighted by molar-refractivity contribution is -0.144. The van der Waals surface area contributed by atoms with Gasteiger partial charge in [-0.05, 0) is 52.1 Å². The molecule has 0 aliphatic rings. The fraction of sp³-hybridized carbons (Fsp3) is 0.929. The van der Waals surface area contributed by atoms with Crippen molar-refractivity contribution in [1.82, 2.24) is 4.90 Å². The molecule has 0 radical (unpaired) electrons. The van der Waals surface area contributed by atoms with Crippen LogP contribution in [0.15, 0.2) is 0 Å². The van der Waals surface area contributed by atoms with Crippen molar-refractivity contribution in [1.29, 1.82) is 0 Å². The zero-order chi connectivity index (χ0) is 25.3. The average molecular weight is 486 g/mol. The Morgan fingerprint density at radius 3 is 1.71 bits per heavy atom. The summed E-state index contributed by atoms with van der Waals surface area (Å²) in [4.78, 5) is 24.7. The molecule has 0 aliphatic carbocycles. The van der Waals surface area contributed by atoms with Gasteiger partial charge in [-0.3, -0.25) is 9.59 Å². The summed E-state index contributed by atoms with van der Waals surface area (Å²) in [5.41, 5.74) is 0. The van der Waals surface area contributed by atoms with E-state index in [1.807, 2.05) is 6.92 Å². The standard InChI is InChI=1S/C28H55NO5/c1-3-4-5-6-7-14-19-24-34-28(33)21-16-11-9-13-18-23-29(25-26(2)30)22-17-12-8-10-15-20-27(31)32/h26,30H,3-25H2,1-2H3,(H,31,32)/t26-/m0/s1. The Morgan fingerprint density at radius 1 is 0.706 bits per heavy atom. The van der Waals surface area contributed by atoms with E-state index in [0.717, 1.165) is 90.1 Å². The van der Waals surface area contributed by atoms with Gasteiger partial charge in [-0.15, -0.1) is 0 Å². The number of esters is 1. The lowest BCUT2D eigenvalue weighted by Crippen LogP contribution is -2.32. The van der Waals surface area contributed by atoms with Crippen molar-refractivity contribution in [2.75, 3.05) is 26.2 Å². The van der Waals surface area contributed by atoms with Crippen LogP contribution in [0.3, 0.4) is 0 Å². The van der Waals surface area contributed by atoms with Crippen LogP contribution in [0.25, 0.3) is 0 Å². The molecular weight excluding hydrogens is 430 g/mol. The van der Waals surface area contributed by atoms with Crippen LogP contribution in [0.1, 0.15) is 136 Å². The number of carbonyl (C=O) groups excluding carboxylic acids is 1. The molecule has 0 heterocycles. The summed E-state index contributed by atoms with van der Waals surface area (Å²) in [7, 11) is 0. The fourth-order valence-corrected chi connectivity index (χ4v) is 4.26. The molecule has 6 heteroatoms. The van der Waals surface area contributed by atoms with E-state index in [0.29, 0.717) is 19.6 Å².